The fourth-order valence-electron chi connectivity index (χ4n) is 3.47. The van der Waals surface area contributed by atoms with Gasteiger partial charge in [-0.2, -0.15) is 0 Å². The highest BCUT2D eigenvalue weighted by molar-refractivity contribution is 6.74. The van der Waals surface area contributed by atoms with Gasteiger partial charge in [-0.25, -0.2) is 0 Å². The molecule has 0 spiro atoms. The van der Waals surface area contributed by atoms with Crippen molar-refractivity contribution in [2.24, 2.45) is 0 Å². The zero-order valence-electron chi connectivity index (χ0n) is 14.5. The Labute approximate surface area is 130 Å². The number of hydrogen-bond donors (Lipinski definition) is 0. The molecule has 2 aliphatic rings. The molecule has 0 saturated carbocycles. The number of methoxy groups -OCH3 is 1. The molecule has 0 amide bonds. The molecule has 2 rings (SSSR count). The number of nitrogens with zero attached hydrogens (tertiary/aromatic N) is 1. The smallest absolute Gasteiger partial charge is 0.326 e. The number of fused-ring (bicyclic) bond motifs is 1. The summed E-state index contributed by atoms with van der Waals surface area (Å²) in [6.45, 7) is 13.1. The van der Waals surface area contributed by atoms with Gasteiger partial charge in [0.25, 0.3) is 0 Å². The van der Waals surface area contributed by atoms with Crippen molar-refractivity contribution in [3.8, 4) is 0 Å². The van der Waals surface area contributed by atoms with Crippen molar-refractivity contribution in [3.63, 3.8) is 0 Å². The Balaban J connectivity index is 2.03. The molecule has 0 unspecified atom stereocenters. The minimum Gasteiger partial charge on any atom is -0.468 e. The van der Waals surface area contributed by atoms with E-state index in [4.69, 9.17) is 9.16 Å². The van der Waals surface area contributed by atoms with Crippen LogP contribution in [0.15, 0.2) is 0 Å². The second-order valence-corrected chi connectivity index (χ2v) is 12.9. The molecule has 0 aromatic heterocycles. The maximum absolute atomic E-state index is 12.2. The first kappa shape index (κ1) is 17.0. The Morgan fingerprint density at radius 3 is 2.57 bits per heavy atom. The first-order valence-electron chi connectivity index (χ1n) is 8.13. The van der Waals surface area contributed by atoms with Crippen LogP contribution in [-0.2, 0) is 14.0 Å². The highest BCUT2D eigenvalue weighted by Crippen LogP contribution is 2.44. The van der Waals surface area contributed by atoms with Crippen molar-refractivity contribution in [2.75, 3.05) is 20.3 Å². The van der Waals surface area contributed by atoms with Gasteiger partial charge in [0.05, 0.1) is 7.11 Å². The lowest BCUT2D eigenvalue weighted by atomic mass is 9.94. The summed E-state index contributed by atoms with van der Waals surface area (Å²) in [6, 6.07) is 0.376. The van der Waals surface area contributed by atoms with Crippen LogP contribution >= 0.6 is 0 Å². The third-order valence-corrected chi connectivity index (χ3v) is 10.4. The molecule has 0 bridgehead atoms. The van der Waals surface area contributed by atoms with Gasteiger partial charge in [-0.15, -0.1) is 0 Å². The van der Waals surface area contributed by atoms with Gasteiger partial charge in [0.15, 0.2) is 8.32 Å². The van der Waals surface area contributed by atoms with E-state index < -0.39 is 8.32 Å². The molecule has 0 N–H and O–H groups in total. The van der Waals surface area contributed by atoms with Crippen LogP contribution in [0, 0.1) is 0 Å². The average Bonchev–Trinajstić information content (AvgIpc) is 2.93. The van der Waals surface area contributed by atoms with E-state index in [1.54, 1.807) is 0 Å². The summed E-state index contributed by atoms with van der Waals surface area (Å²) in [4.78, 5) is 14.6. The van der Waals surface area contributed by atoms with Crippen LogP contribution < -0.4 is 0 Å². The van der Waals surface area contributed by atoms with Crippen LogP contribution in [0.3, 0.4) is 0 Å². The van der Waals surface area contributed by atoms with Gasteiger partial charge in [-0.1, -0.05) is 20.8 Å². The number of rotatable bonds is 4. The molecule has 0 aliphatic carbocycles. The fraction of sp³-hybridized carbons (Fsp3) is 0.938. The maximum Gasteiger partial charge on any atom is 0.326 e. The normalized spacial score (nSPS) is 30.5. The van der Waals surface area contributed by atoms with Crippen LogP contribution in [0.4, 0.5) is 0 Å². The van der Waals surface area contributed by atoms with Gasteiger partial charge >= 0.3 is 5.97 Å². The Morgan fingerprint density at radius 2 is 2.00 bits per heavy atom. The van der Waals surface area contributed by atoms with Gasteiger partial charge in [0.2, 0.25) is 0 Å². The first-order chi connectivity index (χ1) is 9.64. The van der Waals surface area contributed by atoms with E-state index >= 15 is 0 Å². The standard InChI is InChI=1S/C16H31NO3Si/c1-15(2,3)21(5,6)20-12-13-8-10-16(14(18)19-4)9-7-11-17(13)16/h13H,7-12H2,1-6H3/t13-,16-/m1/s1. The third kappa shape index (κ3) is 2.92. The van der Waals surface area contributed by atoms with E-state index in [2.05, 4.69) is 38.8 Å². The first-order valence-corrected chi connectivity index (χ1v) is 11.0. The summed E-state index contributed by atoms with van der Waals surface area (Å²) >= 11 is 0. The third-order valence-electron chi connectivity index (χ3n) is 5.88. The lowest BCUT2D eigenvalue weighted by molar-refractivity contribution is -0.152. The fourth-order valence-corrected chi connectivity index (χ4v) is 4.51. The highest BCUT2D eigenvalue weighted by atomic mass is 28.4. The van der Waals surface area contributed by atoms with Crippen molar-refractivity contribution in [2.45, 2.75) is 76.2 Å². The Hall–Kier alpha value is -0.393. The van der Waals surface area contributed by atoms with Crippen molar-refractivity contribution in [3.05, 3.63) is 0 Å². The lowest BCUT2D eigenvalue weighted by Crippen LogP contribution is -2.51. The zero-order valence-corrected chi connectivity index (χ0v) is 15.5. The summed E-state index contributed by atoms with van der Waals surface area (Å²) in [6.07, 6.45) is 4.00. The van der Waals surface area contributed by atoms with Gasteiger partial charge < -0.3 is 9.16 Å². The average molecular weight is 314 g/mol. The summed E-state index contributed by atoms with van der Waals surface area (Å²) < 4.78 is 11.5. The van der Waals surface area contributed by atoms with E-state index in [1.165, 1.54) is 7.11 Å². The van der Waals surface area contributed by atoms with Gasteiger partial charge in [-0.3, -0.25) is 9.69 Å². The Morgan fingerprint density at radius 1 is 1.33 bits per heavy atom. The molecule has 2 heterocycles. The molecule has 0 aromatic rings. The van der Waals surface area contributed by atoms with E-state index in [0.717, 1.165) is 38.8 Å². The minimum absolute atomic E-state index is 0.0465. The summed E-state index contributed by atoms with van der Waals surface area (Å²) in [7, 11) is -0.212. The van der Waals surface area contributed by atoms with Gasteiger partial charge in [0, 0.05) is 12.6 Å². The Bertz CT molecular complexity index is 405. The largest absolute Gasteiger partial charge is 0.468 e. The van der Waals surface area contributed by atoms with E-state index in [9.17, 15) is 4.79 Å². The monoisotopic (exact) mass is 313 g/mol. The summed E-state index contributed by atoms with van der Waals surface area (Å²) in [5, 5.41) is 0.232. The minimum atomic E-state index is -1.72. The summed E-state index contributed by atoms with van der Waals surface area (Å²) in [5.74, 6) is -0.0465. The van der Waals surface area contributed by atoms with Crippen molar-refractivity contribution in [1.82, 2.24) is 4.90 Å². The molecule has 5 heteroatoms. The predicted octanol–water partition coefficient (Wildman–Crippen LogP) is 3.18. The molecule has 21 heavy (non-hydrogen) atoms. The molecule has 2 saturated heterocycles. The Kier molecular flexibility index (Phi) is 4.58. The summed E-state index contributed by atoms with van der Waals surface area (Å²) in [5.41, 5.74) is -0.351. The molecule has 0 radical (unpaired) electrons. The second kappa shape index (κ2) is 5.67. The number of esters is 1. The number of carbonyl (C=O) groups excluding carboxylic acids is 1. The van der Waals surface area contributed by atoms with Crippen molar-refractivity contribution < 1.29 is 14.0 Å². The molecule has 2 fully saturated rings. The number of hydrogen-bond acceptors (Lipinski definition) is 4. The van der Waals surface area contributed by atoms with E-state index in [-0.39, 0.29) is 16.5 Å². The zero-order chi connectivity index (χ0) is 15.9. The van der Waals surface area contributed by atoms with Crippen molar-refractivity contribution in [1.29, 1.82) is 0 Å². The van der Waals surface area contributed by atoms with Crippen LogP contribution in [0.25, 0.3) is 0 Å². The molecule has 2 aliphatic heterocycles. The quantitative estimate of drug-likeness (QED) is 0.590. The van der Waals surface area contributed by atoms with Crippen LogP contribution in [-0.4, -0.2) is 51.0 Å². The molecule has 4 nitrogen and oxygen atoms in total. The number of carbonyl (C=O) groups is 1. The molecule has 0 aromatic carbocycles. The molecule has 2 atom stereocenters. The molecular weight excluding hydrogens is 282 g/mol. The highest BCUT2D eigenvalue weighted by Gasteiger charge is 2.55. The molecular formula is C16H31NO3Si. The van der Waals surface area contributed by atoms with Crippen molar-refractivity contribution >= 4 is 14.3 Å². The predicted molar refractivity (Wildman–Crippen MR) is 86.9 cm³/mol. The lowest BCUT2D eigenvalue weighted by Gasteiger charge is -2.38. The van der Waals surface area contributed by atoms with Crippen LogP contribution in [0.5, 0.6) is 0 Å². The number of ether oxygens (including phenoxy) is 1. The van der Waals surface area contributed by atoms with Gasteiger partial charge in [0.1, 0.15) is 5.54 Å². The van der Waals surface area contributed by atoms with E-state index in [0.29, 0.717) is 6.04 Å². The SMILES string of the molecule is COC(=O)[C@]12CCCN1[C@@H](CO[Si](C)(C)C(C)(C)C)CC2. The van der Waals surface area contributed by atoms with Crippen LogP contribution in [0.1, 0.15) is 46.5 Å². The molecule has 122 valence electrons. The second-order valence-electron chi connectivity index (χ2n) is 8.08. The van der Waals surface area contributed by atoms with Gasteiger partial charge in [-0.05, 0) is 50.4 Å². The van der Waals surface area contributed by atoms with Crippen LogP contribution in [0.2, 0.25) is 18.1 Å². The maximum atomic E-state index is 12.2. The topological polar surface area (TPSA) is 38.8 Å². The van der Waals surface area contributed by atoms with E-state index in [1.807, 2.05) is 0 Å².